The van der Waals surface area contributed by atoms with E-state index in [9.17, 15) is 0 Å². The zero-order valence-electron chi connectivity index (χ0n) is 5.07. The lowest BCUT2D eigenvalue weighted by Crippen LogP contribution is -1.75. The molecule has 0 amide bonds. The van der Waals surface area contributed by atoms with Gasteiger partial charge in [-0.15, -0.1) is 12.3 Å². The van der Waals surface area contributed by atoms with E-state index in [0.717, 1.165) is 0 Å². The van der Waals surface area contributed by atoms with Crippen molar-refractivity contribution in [3.8, 4) is 0 Å². The van der Waals surface area contributed by atoms with E-state index in [-0.39, 0.29) is 9.52 Å². The molecule has 1 heteroatoms. The van der Waals surface area contributed by atoms with Crippen LogP contribution in [0.5, 0.6) is 0 Å². The normalized spacial score (nSPS) is 9.43. The Morgan fingerprint density at radius 2 is 2.14 bits per heavy atom. The molecule has 40 valence electrons. The summed E-state index contributed by atoms with van der Waals surface area (Å²) in [5.41, 5.74) is 5.74. The quantitative estimate of drug-likeness (QED) is 0.471. The summed E-state index contributed by atoms with van der Waals surface area (Å²) >= 11 is 0. The Kier molecular flexibility index (Phi) is 3.70. The third-order valence-electron chi connectivity index (χ3n) is 0.693. The average molecular weight is 112 g/mol. The summed E-state index contributed by atoms with van der Waals surface area (Å²) in [5.74, 6) is 0. The molecule has 0 aromatic heterocycles. The molecule has 0 saturated carbocycles. The molecule has 0 aliphatic carbocycles. The molecule has 0 spiro atoms. The Morgan fingerprint density at radius 1 is 1.57 bits per heavy atom. The third kappa shape index (κ3) is 5.70. The largest absolute Gasteiger partial charge is 0.107 e. The highest BCUT2D eigenvalue weighted by molar-refractivity contribution is 6.48. The van der Waals surface area contributed by atoms with Gasteiger partial charge >= 0.3 is 0 Å². The predicted octanol–water partition coefficient (Wildman–Crippen LogP) is 1.22. The molecule has 0 heterocycles. The molecular formula is C6H12Si. The van der Waals surface area contributed by atoms with Crippen LogP contribution in [0.25, 0.3) is 0 Å². The molecule has 0 atom stereocenters. The van der Waals surface area contributed by atoms with Crippen LogP contribution in [0.1, 0.15) is 13.8 Å². The minimum absolute atomic E-state index is 0.0239. The first-order chi connectivity index (χ1) is 3.27. The second kappa shape index (κ2) is 3.87. The smallest absolute Gasteiger partial charge is 0.0683 e. The molecule has 0 rings (SSSR count). The molecule has 0 aromatic carbocycles. The van der Waals surface area contributed by atoms with Gasteiger partial charge in [-0.25, -0.2) is 0 Å². The first-order valence-corrected chi connectivity index (χ1v) is 4.15. The standard InChI is InChI=1S/C6H12Si/c1-4-7-5-6(2)3/h4-5H,1,7H2,2-3H3. The number of allylic oxidation sites excluding steroid dienone is 1. The maximum atomic E-state index is 3.65. The van der Waals surface area contributed by atoms with E-state index < -0.39 is 0 Å². The van der Waals surface area contributed by atoms with E-state index in [1.54, 1.807) is 0 Å². The molecule has 0 unspecified atom stereocenters. The lowest BCUT2D eigenvalue weighted by atomic mass is 10.4. The van der Waals surface area contributed by atoms with E-state index >= 15 is 0 Å². The molecule has 0 saturated heterocycles. The van der Waals surface area contributed by atoms with Crippen LogP contribution < -0.4 is 0 Å². The fraction of sp³-hybridized carbons (Fsp3) is 0.333. The van der Waals surface area contributed by atoms with Crippen LogP contribution >= 0.6 is 0 Å². The van der Waals surface area contributed by atoms with Gasteiger partial charge in [0.25, 0.3) is 0 Å². The van der Waals surface area contributed by atoms with Crippen molar-refractivity contribution < 1.29 is 0 Å². The van der Waals surface area contributed by atoms with Crippen LogP contribution in [0.2, 0.25) is 0 Å². The third-order valence-corrected chi connectivity index (χ3v) is 2.08. The molecule has 0 nitrogen and oxygen atoms in total. The molecule has 7 heavy (non-hydrogen) atoms. The van der Waals surface area contributed by atoms with Crippen molar-refractivity contribution in [2.24, 2.45) is 0 Å². The molecule has 0 N–H and O–H groups in total. The van der Waals surface area contributed by atoms with Gasteiger partial charge in [0.15, 0.2) is 0 Å². The Balaban J connectivity index is 3.25. The van der Waals surface area contributed by atoms with E-state index in [0.29, 0.717) is 0 Å². The number of hydrogen-bond acceptors (Lipinski definition) is 0. The van der Waals surface area contributed by atoms with E-state index in [2.05, 4.69) is 26.1 Å². The first-order valence-electron chi connectivity index (χ1n) is 2.51. The molecular weight excluding hydrogens is 100 g/mol. The number of rotatable bonds is 2. The summed E-state index contributed by atoms with van der Waals surface area (Å²) in [6.07, 6.45) is 0. The molecule has 0 radical (unpaired) electrons. The fourth-order valence-corrected chi connectivity index (χ4v) is 0.957. The lowest BCUT2D eigenvalue weighted by Gasteiger charge is -1.81. The minimum atomic E-state index is -0.0239. The van der Waals surface area contributed by atoms with Crippen LogP contribution in [0, 0.1) is 0 Å². The summed E-state index contributed by atoms with van der Waals surface area (Å²) < 4.78 is 0. The van der Waals surface area contributed by atoms with Crippen molar-refractivity contribution >= 4 is 9.52 Å². The minimum Gasteiger partial charge on any atom is -0.107 e. The molecule has 0 bridgehead atoms. The van der Waals surface area contributed by atoms with Crippen LogP contribution in [0.4, 0.5) is 0 Å². The van der Waals surface area contributed by atoms with E-state index in [1.165, 1.54) is 5.57 Å². The average Bonchev–Trinajstić information content (AvgIpc) is 1.61. The molecule has 0 aliphatic heterocycles. The van der Waals surface area contributed by atoms with Gasteiger partial charge in [0.05, 0.1) is 9.52 Å². The fourth-order valence-electron chi connectivity index (χ4n) is 0.319. The van der Waals surface area contributed by atoms with Gasteiger partial charge < -0.3 is 0 Å². The summed E-state index contributed by atoms with van der Waals surface area (Å²) in [5, 5.41) is 0. The highest BCUT2D eigenvalue weighted by Gasteiger charge is 1.71. The molecule has 0 aliphatic rings. The number of hydrogen-bond donors (Lipinski definition) is 0. The Morgan fingerprint density at radius 3 is 2.29 bits per heavy atom. The Labute approximate surface area is 47.8 Å². The molecule has 0 aromatic rings. The Bertz CT molecular complexity index is 78.2. The monoisotopic (exact) mass is 112 g/mol. The van der Waals surface area contributed by atoms with Crippen molar-refractivity contribution in [3.63, 3.8) is 0 Å². The zero-order valence-corrected chi connectivity index (χ0v) is 6.48. The van der Waals surface area contributed by atoms with E-state index in [4.69, 9.17) is 0 Å². The van der Waals surface area contributed by atoms with Crippen molar-refractivity contribution in [1.82, 2.24) is 0 Å². The summed E-state index contributed by atoms with van der Waals surface area (Å²) in [4.78, 5) is 0. The highest BCUT2D eigenvalue weighted by atomic mass is 28.2. The SMILES string of the molecule is C=C[SiH2]C=C(C)C. The zero-order chi connectivity index (χ0) is 5.70. The maximum Gasteiger partial charge on any atom is 0.0683 e. The van der Waals surface area contributed by atoms with Crippen molar-refractivity contribution in [3.05, 3.63) is 23.6 Å². The van der Waals surface area contributed by atoms with Crippen molar-refractivity contribution in [2.75, 3.05) is 0 Å². The first kappa shape index (κ1) is 6.70. The molecule has 0 fully saturated rings. The van der Waals surface area contributed by atoms with Crippen LogP contribution in [0.3, 0.4) is 0 Å². The Hall–Kier alpha value is -0.303. The topological polar surface area (TPSA) is 0 Å². The van der Waals surface area contributed by atoms with Gasteiger partial charge in [0, 0.05) is 0 Å². The summed E-state index contributed by atoms with van der Waals surface area (Å²) in [6, 6.07) is 0. The van der Waals surface area contributed by atoms with Crippen LogP contribution in [-0.2, 0) is 0 Å². The second-order valence-electron chi connectivity index (χ2n) is 1.81. The summed E-state index contributed by atoms with van der Waals surface area (Å²) in [6.45, 7) is 7.89. The van der Waals surface area contributed by atoms with Gasteiger partial charge in [0.2, 0.25) is 0 Å². The second-order valence-corrected chi connectivity index (χ2v) is 3.26. The van der Waals surface area contributed by atoms with E-state index in [1.807, 2.05) is 5.70 Å². The van der Waals surface area contributed by atoms with Gasteiger partial charge in [-0.05, 0) is 13.8 Å². The van der Waals surface area contributed by atoms with Gasteiger partial charge in [-0.1, -0.05) is 11.3 Å². The highest BCUT2D eigenvalue weighted by Crippen LogP contribution is 1.84. The predicted molar refractivity (Wildman–Crippen MR) is 38.2 cm³/mol. The summed E-state index contributed by atoms with van der Waals surface area (Å²) in [7, 11) is -0.0239. The van der Waals surface area contributed by atoms with Crippen LogP contribution in [0.15, 0.2) is 23.6 Å². The van der Waals surface area contributed by atoms with Gasteiger partial charge in [-0.3, -0.25) is 0 Å². The van der Waals surface area contributed by atoms with Gasteiger partial charge in [-0.2, -0.15) is 0 Å². The van der Waals surface area contributed by atoms with Gasteiger partial charge in [0.1, 0.15) is 0 Å². The van der Waals surface area contributed by atoms with Crippen molar-refractivity contribution in [1.29, 1.82) is 0 Å². The lowest BCUT2D eigenvalue weighted by molar-refractivity contribution is 1.41. The maximum absolute atomic E-state index is 3.65. The van der Waals surface area contributed by atoms with Crippen molar-refractivity contribution in [2.45, 2.75) is 13.8 Å². The van der Waals surface area contributed by atoms with Crippen LogP contribution in [-0.4, -0.2) is 9.52 Å².